The van der Waals surface area contributed by atoms with Crippen molar-refractivity contribution >= 4 is 12.2 Å². The fourth-order valence-corrected chi connectivity index (χ4v) is 0.783. The summed E-state index contributed by atoms with van der Waals surface area (Å²) in [6.45, 7) is 7.02. The summed E-state index contributed by atoms with van der Waals surface area (Å²) >= 11 is 0. The number of hydrogen-bond donors (Lipinski definition) is 1. The summed E-state index contributed by atoms with van der Waals surface area (Å²) < 4.78 is 4.79. The van der Waals surface area contributed by atoms with Crippen molar-refractivity contribution in [3.8, 4) is 0 Å². The summed E-state index contributed by atoms with van der Waals surface area (Å²) in [5.74, 6) is -0.0106. The average molecular weight is 163 g/mol. The first-order valence-corrected chi connectivity index (χ1v) is 3.42. The Morgan fingerprint density at radius 2 is 2.17 bits per heavy atom. The van der Waals surface area contributed by atoms with E-state index in [-0.39, 0.29) is 0 Å². The zero-order chi connectivity index (χ0) is 8.97. The minimum absolute atomic E-state index is 0.468. The van der Waals surface area contributed by atoms with Gasteiger partial charge in [-0.15, -0.1) is 0 Å². The quantitative estimate of drug-likeness (QED) is 0.690. The molecule has 0 spiro atoms. The van der Waals surface area contributed by atoms with Gasteiger partial charge in [-0.2, -0.15) is 0 Å². The van der Waals surface area contributed by atoms with Crippen LogP contribution in [0, 0.1) is 0 Å². The van der Waals surface area contributed by atoms with Gasteiger partial charge in [0.2, 0.25) is 0 Å². The van der Waals surface area contributed by atoms with E-state index in [1.165, 1.54) is 6.08 Å². The molecule has 3 nitrogen and oxygen atoms in total. The van der Waals surface area contributed by atoms with Crippen LogP contribution in [0.3, 0.4) is 0 Å². The maximum atomic E-state index is 10.7. The van der Waals surface area contributed by atoms with E-state index in [9.17, 15) is 4.79 Å². The highest BCUT2D eigenvalue weighted by Crippen LogP contribution is 2.06. The smallest absolute Gasteiger partial charge is 0.408 e. The molecule has 1 heterocycles. The van der Waals surface area contributed by atoms with Gasteiger partial charge in [-0.3, -0.25) is 4.98 Å². The molecule has 0 bridgehead atoms. The number of rotatable bonds is 3. The van der Waals surface area contributed by atoms with Gasteiger partial charge in [0, 0.05) is 0 Å². The van der Waals surface area contributed by atoms with Gasteiger partial charge in [-0.25, -0.2) is 4.79 Å². The van der Waals surface area contributed by atoms with Crippen LogP contribution in [-0.2, 0) is 0 Å². The summed E-state index contributed by atoms with van der Waals surface area (Å²) in [5, 5.41) is 0. The Labute approximate surface area is 69.7 Å². The van der Waals surface area contributed by atoms with Crippen LogP contribution in [0.5, 0.6) is 0 Å². The highest BCUT2D eigenvalue weighted by Gasteiger charge is 2.01. The summed E-state index contributed by atoms with van der Waals surface area (Å²) in [4.78, 5) is 13.2. The SMILES string of the molecule is C=C/C=C\c1oc(=O)[nH]c1C=C. The number of oxazole rings is 1. The van der Waals surface area contributed by atoms with Crippen LogP contribution in [0.4, 0.5) is 0 Å². The molecule has 0 amide bonds. The van der Waals surface area contributed by atoms with Crippen molar-refractivity contribution < 1.29 is 4.42 Å². The van der Waals surface area contributed by atoms with E-state index < -0.39 is 5.76 Å². The lowest BCUT2D eigenvalue weighted by atomic mass is 10.3. The highest BCUT2D eigenvalue weighted by molar-refractivity contribution is 5.57. The van der Waals surface area contributed by atoms with E-state index in [2.05, 4.69) is 18.1 Å². The third-order valence-corrected chi connectivity index (χ3v) is 1.29. The topological polar surface area (TPSA) is 46.0 Å². The van der Waals surface area contributed by atoms with E-state index in [0.29, 0.717) is 11.5 Å². The van der Waals surface area contributed by atoms with Crippen LogP contribution in [0.2, 0.25) is 0 Å². The molecule has 0 aliphatic rings. The predicted molar refractivity (Wildman–Crippen MR) is 48.7 cm³/mol. The van der Waals surface area contributed by atoms with Crippen molar-refractivity contribution in [2.24, 2.45) is 0 Å². The van der Waals surface area contributed by atoms with Crippen molar-refractivity contribution in [2.75, 3.05) is 0 Å². The van der Waals surface area contributed by atoms with E-state index in [1.54, 1.807) is 18.2 Å². The van der Waals surface area contributed by atoms with Gasteiger partial charge in [-0.1, -0.05) is 25.3 Å². The number of H-pyrrole nitrogens is 1. The van der Waals surface area contributed by atoms with Crippen molar-refractivity contribution in [3.63, 3.8) is 0 Å². The molecule has 1 aromatic rings. The largest absolute Gasteiger partial charge is 0.417 e. The van der Waals surface area contributed by atoms with Crippen molar-refractivity contribution in [1.82, 2.24) is 4.98 Å². The second-order valence-electron chi connectivity index (χ2n) is 2.09. The first-order valence-electron chi connectivity index (χ1n) is 3.42. The van der Waals surface area contributed by atoms with Crippen molar-refractivity contribution in [3.05, 3.63) is 47.3 Å². The van der Waals surface area contributed by atoms with Crippen LogP contribution in [0.15, 0.2) is 34.5 Å². The van der Waals surface area contributed by atoms with E-state index >= 15 is 0 Å². The predicted octanol–water partition coefficient (Wildman–Crippen LogP) is 1.81. The Bertz CT molecular complexity index is 368. The highest BCUT2D eigenvalue weighted by atomic mass is 16.4. The number of hydrogen-bond acceptors (Lipinski definition) is 2. The van der Waals surface area contributed by atoms with Gasteiger partial charge in [0.25, 0.3) is 0 Å². The standard InChI is InChI=1S/C9H9NO2/c1-3-5-6-8-7(4-2)10-9(11)12-8/h3-6H,1-2H2,(H,10,11)/b6-5-. The van der Waals surface area contributed by atoms with Crippen molar-refractivity contribution in [2.45, 2.75) is 0 Å². The third kappa shape index (κ3) is 1.63. The molecule has 1 rings (SSSR count). The van der Waals surface area contributed by atoms with Gasteiger partial charge in [0.15, 0.2) is 5.76 Å². The first-order chi connectivity index (χ1) is 5.77. The number of aromatic nitrogens is 1. The third-order valence-electron chi connectivity index (χ3n) is 1.29. The Balaban J connectivity index is 3.12. The van der Waals surface area contributed by atoms with Crippen LogP contribution >= 0.6 is 0 Å². The fraction of sp³-hybridized carbons (Fsp3) is 0. The lowest BCUT2D eigenvalue weighted by Gasteiger charge is -1.84. The Morgan fingerprint density at radius 1 is 1.42 bits per heavy atom. The second kappa shape index (κ2) is 3.57. The van der Waals surface area contributed by atoms with Crippen LogP contribution in [-0.4, -0.2) is 4.98 Å². The Morgan fingerprint density at radius 3 is 2.75 bits per heavy atom. The molecular weight excluding hydrogens is 154 g/mol. The maximum absolute atomic E-state index is 10.7. The lowest BCUT2D eigenvalue weighted by Crippen LogP contribution is -1.94. The average Bonchev–Trinajstić information content (AvgIpc) is 2.42. The fourth-order valence-electron chi connectivity index (χ4n) is 0.783. The van der Waals surface area contributed by atoms with Crippen LogP contribution in [0.1, 0.15) is 11.5 Å². The summed E-state index contributed by atoms with van der Waals surface area (Å²) in [6.07, 6.45) is 6.44. The van der Waals surface area contributed by atoms with E-state index in [0.717, 1.165) is 0 Å². The molecule has 0 aliphatic carbocycles. The molecule has 1 aromatic heterocycles. The molecular formula is C9H9NO2. The molecule has 12 heavy (non-hydrogen) atoms. The van der Waals surface area contributed by atoms with Gasteiger partial charge in [-0.05, 0) is 12.2 Å². The molecule has 62 valence electrons. The first kappa shape index (κ1) is 8.33. The van der Waals surface area contributed by atoms with Crippen molar-refractivity contribution in [1.29, 1.82) is 0 Å². The molecule has 0 fully saturated rings. The number of aromatic amines is 1. The second-order valence-corrected chi connectivity index (χ2v) is 2.09. The van der Waals surface area contributed by atoms with Gasteiger partial charge >= 0.3 is 5.76 Å². The van der Waals surface area contributed by atoms with Gasteiger partial charge in [0.05, 0.1) is 5.69 Å². The molecule has 0 aliphatic heterocycles. The van der Waals surface area contributed by atoms with Crippen LogP contribution in [0.25, 0.3) is 12.2 Å². The molecule has 0 saturated carbocycles. The number of nitrogens with one attached hydrogen (secondary N) is 1. The molecule has 1 N–H and O–H groups in total. The molecule has 0 saturated heterocycles. The molecule has 0 unspecified atom stereocenters. The summed E-state index contributed by atoms with van der Waals surface area (Å²) in [6, 6.07) is 0. The molecule has 0 radical (unpaired) electrons. The zero-order valence-electron chi connectivity index (χ0n) is 6.54. The zero-order valence-corrected chi connectivity index (χ0v) is 6.54. The Kier molecular flexibility index (Phi) is 2.48. The molecule has 3 heteroatoms. The van der Waals surface area contributed by atoms with E-state index in [4.69, 9.17) is 4.42 Å². The normalized spacial score (nSPS) is 10.3. The van der Waals surface area contributed by atoms with E-state index in [1.807, 2.05) is 0 Å². The minimum atomic E-state index is -0.478. The Hall–Kier alpha value is -1.77. The monoisotopic (exact) mass is 163 g/mol. The molecule has 0 aromatic carbocycles. The minimum Gasteiger partial charge on any atom is -0.408 e. The number of allylic oxidation sites excluding steroid dienone is 2. The maximum Gasteiger partial charge on any atom is 0.417 e. The summed E-state index contributed by atoms with van der Waals surface area (Å²) in [5.41, 5.74) is 0.582. The lowest BCUT2D eigenvalue weighted by molar-refractivity contribution is 0.506. The van der Waals surface area contributed by atoms with Gasteiger partial charge in [0.1, 0.15) is 0 Å². The summed E-state index contributed by atoms with van der Waals surface area (Å²) in [7, 11) is 0. The molecule has 0 atom stereocenters. The van der Waals surface area contributed by atoms with Gasteiger partial charge < -0.3 is 4.42 Å². The van der Waals surface area contributed by atoms with Crippen LogP contribution < -0.4 is 5.76 Å².